The van der Waals surface area contributed by atoms with Crippen molar-refractivity contribution in [2.75, 3.05) is 32.7 Å². The molecule has 1 saturated heterocycles. The molecule has 0 spiro atoms. The van der Waals surface area contributed by atoms with Crippen LogP contribution in [0.4, 0.5) is 0 Å². The highest BCUT2D eigenvalue weighted by molar-refractivity contribution is 5.86. The molecule has 0 aromatic rings. The highest BCUT2D eigenvalue weighted by atomic mass is 16.5. The Morgan fingerprint density at radius 1 is 0.769 bits per heavy atom. The van der Waals surface area contributed by atoms with E-state index in [2.05, 4.69) is 84.0 Å². The number of rotatable bonds is 6. The molecule has 0 bridgehead atoms. The summed E-state index contributed by atoms with van der Waals surface area (Å²) in [7, 11) is 0. The molecule has 0 aromatic heterocycles. The van der Waals surface area contributed by atoms with Crippen LogP contribution in [0.3, 0.4) is 0 Å². The average molecular weight is 720 g/mol. The number of piperazine rings is 1. The Labute approximate surface area is 316 Å². The summed E-state index contributed by atoms with van der Waals surface area (Å²) < 4.78 is 5.98. The Bertz CT molecular complexity index is 1460. The van der Waals surface area contributed by atoms with Crippen molar-refractivity contribution < 1.29 is 19.1 Å². The maximum Gasteiger partial charge on any atom is 0.302 e. The molecule has 7 fully saturated rings. The second kappa shape index (κ2) is 12.8. The lowest BCUT2D eigenvalue weighted by atomic mass is 9.32. The Hall–Kier alpha value is -1.89. The largest absolute Gasteiger partial charge is 0.462 e. The monoisotopic (exact) mass is 720 g/mol. The van der Waals surface area contributed by atoms with E-state index >= 15 is 0 Å². The summed E-state index contributed by atoms with van der Waals surface area (Å²) in [4.78, 5) is 45.3. The van der Waals surface area contributed by atoms with Crippen LogP contribution in [0.25, 0.3) is 0 Å². The molecule has 1 aliphatic heterocycles. The van der Waals surface area contributed by atoms with E-state index < -0.39 is 0 Å². The number of carbonyl (C=O) groups excluding carboxylic acids is 3. The number of fused-ring (bicyclic) bond motifs is 7. The van der Waals surface area contributed by atoms with Gasteiger partial charge in [0.2, 0.25) is 11.8 Å². The van der Waals surface area contributed by atoms with Crippen LogP contribution in [0.2, 0.25) is 0 Å². The number of carbonyl (C=O) groups is 3. The first-order valence-corrected chi connectivity index (χ1v) is 21.4. The first-order valence-electron chi connectivity index (χ1n) is 21.4. The Morgan fingerprint density at radius 3 is 2.08 bits per heavy atom. The zero-order chi connectivity index (χ0) is 37.8. The molecule has 7 aliphatic rings. The quantitative estimate of drug-likeness (QED) is 0.221. The van der Waals surface area contributed by atoms with E-state index in [1.807, 2.05) is 0 Å². The molecule has 52 heavy (non-hydrogen) atoms. The molecule has 1 N–H and O–H groups in total. The van der Waals surface area contributed by atoms with Crippen LogP contribution >= 0.6 is 0 Å². The van der Waals surface area contributed by atoms with Crippen LogP contribution in [-0.2, 0) is 19.1 Å². The third-order valence-corrected chi connectivity index (χ3v) is 18.8. The van der Waals surface area contributed by atoms with Gasteiger partial charge >= 0.3 is 5.97 Å². The van der Waals surface area contributed by atoms with Gasteiger partial charge in [0.1, 0.15) is 6.10 Å². The Balaban J connectivity index is 1.11. The lowest BCUT2D eigenvalue weighted by Gasteiger charge is -2.73. The fourth-order valence-corrected chi connectivity index (χ4v) is 15.3. The van der Waals surface area contributed by atoms with Crippen LogP contribution in [-0.4, -0.2) is 72.5 Å². The number of ether oxygens (including phenoxy) is 1. The maximum absolute atomic E-state index is 15.0. The molecule has 7 heteroatoms. The maximum atomic E-state index is 15.0. The topological polar surface area (TPSA) is 79.0 Å². The molecule has 2 amide bonds. The van der Waals surface area contributed by atoms with Crippen LogP contribution in [0.15, 0.2) is 12.2 Å². The van der Waals surface area contributed by atoms with Crippen LogP contribution in [0, 0.1) is 68.0 Å². The third kappa shape index (κ3) is 5.36. The highest BCUT2D eigenvalue weighted by Crippen LogP contribution is 2.77. The highest BCUT2D eigenvalue weighted by Gasteiger charge is 2.72. The number of esters is 1. The molecule has 12 atom stereocenters. The smallest absolute Gasteiger partial charge is 0.302 e. The SMILES string of the molecule is C=C(C)C1CC[C@]2(C(=O)N[C@H]3C[C@@H](C(=O)N4CCN(CC)CC4)C3(C)C)CC[C@]3(C)[C@H](CCC4[C@@]5(C)CC[C@H](OC(C)=O)C(C)(C)[C@@H]5CC[C@]43C)[C@@H]12. The van der Waals surface area contributed by atoms with Crippen molar-refractivity contribution in [2.24, 2.45) is 68.0 Å². The van der Waals surface area contributed by atoms with Gasteiger partial charge in [0.05, 0.1) is 5.41 Å². The molecular weight excluding hydrogens is 647 g/mol. The lowest BCUT2D eigenvalue weighted by Crippen LogP contribution is -2.68. The predicted octanol–water partition coefficient (Wildman–Crippen LogP) is 8.27. The van der Waals surface area contributed by atoms with Crippen molar-refractivity contribution in [3.63, 3.8) is 0 Å². The van der Waals surface area contributed by atoms with E-state index in [1.165, 1.54) is 31.3 Å². The van der Waals surface area contributed by atoms with E-state index in [-0.39, 0.29) is 68.3 Å². The standard InChI is InChI=1S/C45H73N3O4/c1-12-47-23-25-48(26-24-47)38(50)32-27-35(40(32,5)6)46-39(51)45-20-15-30(28(2)3)37(45)31-13-14-34-42(9)18-17-36(52-29(4)49)41(7,8)33(42)16-19-44(34,11)43(31,10)21-22-45/h30-37H,2,12-27H2,1,3-11H3,(H,46,51)/t30?,31-,32+,33+,34?,35+,36+,37-,42+,43-,44-,45+/m1/s1. The van der Waals surface area contributed by atoms with E-state index in [0.717, 1.165) is 77.7 Å². The minimum absolute atomic E-state index is 0.00598. The van der Waals surface area contributed by atoms with Crippen molar-refractivity contribution in [3.05, 3.63) is 12.2 Å². The second-order valence-electron chi connectivity index (χ2n) is 21.2. The van der Waals surface area contributed by atoms with E-state index in [0.29, 0.717) is 29.6 Å². The fourth-order valence-electron chi connectivity index (χ4n) is 15.3. The molecule has 7 nitrogen and oxygen atoms in total. The number of likely N-dealkylation sites (N-methyl/N-ethyl adjacent to an activating group) is 1. The predicted molar refractivity (Wildman–Crippen MR) is 207 cm³/mol. The van der Waals surface area contributed by atoms with Gasteiger partial charge in [-0.3, -0.25) is 14.4 Å². The summed E-state index contributed by atoms with van der Waals surface area (Å²) in [6.07, 6.45) is 11.7. The lowest BCUT2D eigenvalue weighted by molar-refractivity contribution is -0.249. The summed E-state index contributed by atoms with van der Waals surface area (Å²) in [5, 5.41) is 3.66. The Morgan fingerprint density at radius 2 is 1.46 bits per heavy atom. The summed E-state index contributed by atoms with van der Waals surface area (Å²) >= 11 is 0. The van der Waals surface area contributed by atoms with Gasteiger partial charge in [0.25, 0.3) is 0 Å². The summed E-state index contributed by atoms with van der Waals surface area (Å²) in [6, 6.07) is 0.0343. The van der Waals surface area contributed by atoms with Gasteiger partial charge in [-0.15, -0.1) is 0 Å². The first kappa shape index (κ1) is 38.4. The van der Waals surface area contributed by atoms with Gasteiger partial charge in [0, 0.05) is 50.5 Å². The van der Waals surface area contributed by atoms with Crippen molar-refractivity contribution in [3.8, 4) is 0 Å². The fraction of sp³-hybridized carbons (Fsp3) is 0.889. The molecule has 0 aromatic carbocycles. The zero-order valence-electron chi connectivity index (χ0n) is 34.7. The minimum atomic E-state index is -0.357. The molecule has 6 saturated carbocycles. The minimum Gasteiger partial charge on any atom is -0.462 e. The van der Waals surface area contributed by atoms with Gasteiger partial charge in [0.15, 0.2) is 0 Å². The van der Waals surface area contributed by atoms with Gasteiger partial charge in [-0.2, -0.15) is 0 Å². The van der Waals surface area contributed by atoms with E-state index in [4.69, 9.17) is 4.74 Å². The van der Waals surface area contributed by atoms with Crippen molar-refractivity contribution in [1.82, 2.24) is 15.1 Å². The van der Waals surface area contributed by atoms with Crippen molar-refractivity contribution in [1.29, 1.82) is 0 Å². The molecule has 1 heterocycles. The second-order valence-corrected chi connectivity index (χ2v) is 21.2. The van der Waals surface area contributed by atoms with E-state index in [9.17, 15) is 14.4 Å². The molecular formula is C45H73N3O4. The van der Waals surface area contributed by atoms with Gasteiger partial charge in [-0.25, -0.2) is 0 Å². The number of nitrogens with zero attached hydrogens (tertiary/aromatic N) is 2. The van der Waals surface area contributed by atoms with Crippen LogP contribution in [0.1, 0.15) is 140 Å². The van der Waals surface area contributed by atoms with E-state index in [1.54, 1.807) is 6.92 Å². The molecule has 2 unspecified atom stereocenters. The van der Waals surface area contributed by atoms with Crippen molar-refractivity contribution in [2.45, 2.75) is 152 Å². The summed E-state index contributed by atoms with van der Waals surface area (Å²) in [5.41, 5.74) is 1.17. The zero-order valence-corrected chi connectivity index (χ0v) is 34.7. The Kier molecular flexibility index (Phi) is 9.47. The van der Waals surface area contributed by atoms with Crippen LogP contribution in [0.5, 0.6) is 0 Å². The molecule has 0 radical (unpaired) electrons. The number of amides is 2. The third-order valence-electron chi connectivity index (χ3n) is 18.8. The first-order chi connectivity index (χ1) is 24.3. The number of hydrogen-bond acceptors (Lipinski definition) is 5. The molecule has 6 aliphatic carbocycles. The summed E-state index contributed by atoms with van der Waals surface area (Å²) in [5.74, 6) is 2.73. The average Bonchev–Trinajstić information content (AvgIpc) is 3.49. The van der Waals surface area contributed by atoms with Crippen LogP contribution < -0.4 is 5.32 Å². The summed E-state index contributed by atoms with van der Waals surface area (Å²) in [6.45, 7) is 32.2. The normalized spacial score (nSPS) is 46.4. The number of hydrogen-bond donors (Lipinski definition) is 1. The number of nitrogens with one attached hydrogen (secondary N) is 1. The van der Waals surface area contributed by atoms with Gasteiger partial charge in [-0.1, -0.05) is 67.5 Å². The molecule has 292 valence electrons. The number of allylic oxidation sites excluding steroid dienone is 1. The van der Waals surface area contributed by atoms with Crippen molar-refractivity contribution >= 4 is 17.8 Å². The van der Waals surface area contributed by atoms with Gasteiger partial charge < -0.3 is 19.9 Å². The molecule has 7 rings (SSSR count). The van der Waals surface area contributed by atoms with Gasteiger partial charge in [-0.05, 0) is 135 Å².